The summed E-state index contributed by atoms with van der Waals surface area (Å²) in [5, 5.41) is 5.53. The maximum absolute atomic E-state index is 12.7. The van der Waals surface area contributed by atoms with E-state index in [-0.39, 0.29) is 29.2 Å². The molecule has 1 aliphatic rings. The normalized spacial score (nSPS) is 14.7. The second-order valence-corrected chi connectivity index (χ2v) is 7.55. The first kappa shape index (κ1) is 23.3. The van der Waals surface area contributed by atoms with Crippen molar-refractivity contribution >= 4 is 17.7 Å². The predicted octanol–water partition coefficient (Wildman–Crippen LogP) is 3.10. The highest BCUT2D eigenvalue weighted by Gasteiger charge is 2.31. The molecule has 1 aliphatic heterocycles. The molecular formula is C23H24F3N3O3. The quantitative estimate of drug-likeness (QED) is 0.668. The molecule has 2 N–H and O–H groups in total. The molecule has 1 fully saturated rings. The van der Waals surface area contributed by atoms with E-state index in [4.69, 9.17) is 0 Å². The largest absolute Gasteiger partial charge is 0.416 e. The fourth-order valence-corrected chi connectivity index (χ4v) is 3.53. The van der Waals surface area contributed by atoms with Gasteiger partial charge in [-0.2, -0.15) is 13.2 Å². The maximum atomic E-state index is 12.7. The Morgan fingerprint density at radius 3 is 2.03 bits per heavy atom. The molecule has 0 aromatic heterocycles. The number of hydrogen-bond acceptors (Lipinski definition) is 3. The lowest BCUT2D eigenvalue weighted by atomic mass is 9.95. The zero-order valence-electron chi connectivity index (χ0n) is 17.3. The van der Waals surface area contributed by atoms with Crippen LogP contribution in [0.4, 0.5) is 13.2 Å². The molecule has 2 aromatic carbocycles. The smallest absolute Gasteiger partial charge is 0.354 e. The number of likely N-dealkylation sites (tertiary alicyclic amines) is 1. The summed E-state index contributed by atoms with van der Waals surface area (Å²) in [6, 6.07) is 12.9. The summed E-state index contributed by atoms with van der Waals surface area (Å²) in [5.41, 5.74) is -0.0663. The number of nitrogens with zero attached hydrogens (tertiary/aromatic N) is 1. The van der Waals surface area contributed by atoms with Gasteiger partial charge in [0.25, 0.3) is 11.8 Å². The lowest BCUT2D eigenvalue weighted by Crippen LogP contribution is -2.44. The minimum atomic E-state index is -4.45. The third-order valence-electron chi connectivity index (χ3n) is 5.36. The molecule has 0 radical (unpaired) electrons. The lowest BCUT2D eigenvalue weighted by molar-refractivity contribution is -0.137. The predicted molar refractivity (Wildman–Crippen MR) is 112 cm³/mol. The molecular weight excluding hydrogens is 423 g/mol. The Kier molecular flexibility index (Phi) is 7.50. The van der Waals surface area contributed by atoms with Gasteiger partial charge in [0.1, 0.15) is 0 Å². The summed E-state index contributed by atoms with van der Waals surface area (Å²) in [6.45, 7) is 1.29. The first-order chi connectivity index (χ1) is 15.3. The Hall–Kier alpha value is -3.36. The van der Waals surface area contributed by atoms with E-state index in [9.17, 15) is 27.6 Å². The molecule has 1 saturated heterocycles. The highest BCUT2D eigenvalue weighted by molar-refractivity contribution is 5.95. The van der Waals surface area contributed by atoms with E-state index in [0.717, 1.165) is 12.1 Å². The molecule has 9 heteroatoms. The number of benzene rings is 2. The highest BCUT2D eigenvalue weighted by atomic mass is 19.4. The Bertz CT molecular complexity index is 938. The third kappa shape index (κ3) is 6.09. The van der Waals surface area contributed by atoms with Gasteiger partial charge in [0, 0.05) is 43.2 Å². The van der Waals surface area contributed by atoms with Gasteiger partial charge >= 0.3 is 6.18 Å². The molecule has 32 heavy (non-hydrogen) atoms. The molecule has 3 amide bonds. The zero-order valence-corrected chi connectivity index (χ0v) is 17.3. The van der Waals surface area contributed by atoms with Crippen LogP contribution in [0, 0.1) is 5.92 Å². The number of carbonyl (C=O) groups is 3. The lowest BCUT2D eigenvalue weighted by Gasteiger charge is -2.31. The summed E-state index contributed by atoms with van der Waals surface area (Å²) in [7, 11) is 0. The van der Waals surface area contributed by atoms with Gasteiger partial charge < -0.3 is 15.5 Å². The Labute approximate surface area is 183 Å². The molecule has 6 nitrogen and oxygen atoms in total. The van der Waals surface area contributed by atoms with E-state index in [0.29, 0.717) is 44.6 Å². The number of nitrogens with one attached hydrogen (secondary N) is 2. The van der Waals surface area contributed by atoms with E-state index < -0.39 is 11.7 Å². The van der Waals surface area contributed by atoms with Crippen LogP contribution in [0.5, 0.6) is 0 Å². The Balaban J connectivity index is 1.39. The topological polar surface area (TPSA) is 78.5 Å². The molecule has 0 aliphatic carbocycles. The van der Waals surface area contributed by atoms with Gasteiger partial charge in [-0.1, -0.05) is 18.2 Å². The Morgan fingerprint density at radius 1 is 0.844 bits per heavy atom. The number of hydrogen-bond donors (Lipinski definition) is 2. The summed E-state index contributed by atoms with van der Waals surface area (Å²) < 4.78 is 38.0. The number of amides is 3. The van der Waals surface area contributed by atoms with Crippen molar-refractivity contribution in [2.24, 2.45) is 5.92 Å². The molecule has 0 bridgehead atoms. The standard InChI is InChI=1S/C23H24F3N3O3/c24-23(25,26)19-8-6-18(7-9-19)22(32)29-14-10-17(11-15-29)21(31)28-13-12-27-20(30)16-4-2-1-3-5-16/h1-9,17H,10-15H2,(H,27,30)(H,28,31). The zero-order chi connectivity index (χ0) is 23.1. The molecule has 0 saturated carbocycles. The first-order valence-corrected chi connectivity index (χ1v) is 10.3. The number of alkyl halides is 3. The SMILES string of the molecule is O=C(NCCNC(=O)C1CCN(C(=O)c2ccc(C(F)(F)F)cc2)CC1)c1ccccc1. The van der Waals surface area contributed by atoms with Gasteiger partial charge in [0.05, 0.1) is 5.56 Å². The van der Waals surface area contributed by atoms with Crippen LogP contribution in [-0.2, 0) is 11.0 Å². The summed E-state index contributed by atoms with van der Waals surface area (Å²) >= 11 is 0. The minimum Gasteiger partial charge on any atom is -0.354 e. The average molecular weight is 447 g/mol. The van der Waals surface area contributed by atoms with Crippen LogP contribution >= 0.6 is 0 Å². The second kappa shape index (κ2) is 10.3. The summed E-state index contributed by atoms with van der Waals surface area (Å²) in [5.74, 6) is -0.951. The van der Waals surface area contributed by atoms with Crippen LogP contribution in [-0.4, -0.2) is 48.8 Å². The monoisotopic (exact) mass is 447 g/mol. The van der Waals surface area contributed by atoms with Crippen molar-refractivity contribution in [2.75, 3.05) is 26.2 Å². The van der Waals surface area contributed by atoms with Gasteiger partial charge in [-0.3, -0.25) is 14.4 Å². The van der Waals surface area contributed by atoms with Crippen LogP contribution in [0.1, 0.15) is 39.1 Å². The molecule has 0 atom stereocenters. The van der Waals surface area contributed by atoms with E-state index in [1.165, 1.54) is 12.1 Å². The van der Waals surface area contributed by atoms with E-state index >= 15 is 0 Å². The van der Waals surface area contributed by atoms with Gasteiger partial charge in [-0.25, -0.2) is 0 Å². The molecule has 1 heterocycles. The van der Waals surface area contributed by atoms with Crippen molar-refractivity contribution < 1.29 is 27.6 Å². The molecule has 170 valence electrons. The maximum Gasteiger partial charge on any atom is 0.416 e. The minimum absolute atomic E-state index is 0.138. The number of rotatable bonds is 6. The Morgan fingerprint density at radius 2 is 1.44 bits per heavy atom. The number of piperidine rings is 1. The number of halogens is 3. The average Bonchev–Trinajstić information content (AvgIpc) is 2.81. The van der Waals surface area contributed by atoms with Crippen molar-refractivity contribution in [3.8, 4) is 0 Å². The summed E-state index contributed by atoms with van der Waals surface area (Å²) in [4.78, 5) is 38.4. The van der Waals surface area contributed by atoms with Gasteiger partial charge in [0.15, 0.2) is 0 Å². The third-order valence-corrected chi connectivity index (χ3v) is 5.36. The van der Waals surface area contributed by atoms with Crippen molar-refractivity contribution in [3.63, 3.8) is 0 Å². The fraction of sp³-hybridized carbons (Fsp3) is 0.348. The van der Waals surface area contributed by atoms with Crippen LogP contribution < -0.4 is 10.6 Å². The molecule has 0 spiro atoms. The van der Waals surface area contributed by atoms with Gasteiger partial charge in [-0.05, 0) is 49.2 Å². The van der Waals surface area contributed by atoms with Gasteiger partial charge in [-0.15, -0.1) is 0 Å². The highest BCUT2D eigenvalue weighted by Crippen LogP contribution is 2.29. The van der Waals surface area contributed by atoms with Crippen molar-refractivity contribution in [1.29, 1.82) is 0 Å². The van der Waals surface area contributed by atoms with Crippen LogP contribution in [0.3, 0.4) is 0 Å². The van der Waals surface area contributed by atoms with E-state index in [1.54, 1.807) is 29.2 Å². The van der Waals surface area contributed by atoms with E-state index in [1.807, 2.05) is 6.07 Å². The van der Waals surface area contributed by atoms with Crippen molar-refractivity contribution in [2.45, 2.75) is 19.0 Å². The second-order valence-electron chi connectivity index (χ2n) is 7.55. The fourth-order valence-electron chi connectivity index (χ4n) is 3.53. The van der Waals surface area contributed by atoms with E-state index in [2.05, 4.69) is 10.6 Å². The van der Waals surface area contributed by atoms with Crippen LogP contribution in [0.2, 0.25) is 0 Å². The molecule has 3 rings (SSSR count). The van der Waals surface area contributed by atoms with Crippen molar-refractivity contribution in [1.82, 2.24) is 15.5 Å². The van der Waals surface area contributed by atoms with Crippen LogP contribution in [0.15, 0.2) is 54.6 Å². The van der Waals surface area contributed by atoms with Crippen molar-refractivity contribution in [3.05, 3.63) is 71.3 Å². The van der Waals surface area contributed by atoms with Gasteiger partial charge in [0.2, 0.25) is 5.91 Å². The first-order valence-electron chi connectivity index (χ1n) is 10.3. The molecule has 2 aromatic rings. The molecule has 0 unspecified atom stereocenters. The van der Waals surface area contributed by atoms with Crippen LogP contribution in [0.25, 0.3) is 0 Å². The summed E-state index contributed by atoms with van der Waals surface area (Å²) in [6.07, 6.45) is -3.51. The number of carbonyl (C=O) groups excluding carboxylic acids is 3.